The standard InChI is InChI=1S/2C22H26N4O3.C4H4O4/c2*1-4-15-10-14(13-27)11-18-19(15)22(28)29-21(24-18)17-6-5-8-23-20(17)26-9-7-16(12-26)25(2)3;5-3(6)1-2-4(7)8/h2*5-6,8,10-11,16,27H,4,7,9,12-13H2,1-3H3;1-2H,(H,5,6)(H,7,8)/b;;2-1-/t2*16-;/m00./s1. The van der Waals surface area contributed by atoms with Gasteiger partial charge in [0.15, 0.2) is 0 Å². The zero-order chi connectivity index (χ0) is 47.7. The van der Waals surface area contributed by atoms with E-state index in [9.17, 15) is 29.4 Å². The second-order valence-corrected chi connectivity index (χ2v) is 16.4. The molecule has 4 N–H and O–H groups in total. The second kappa shape index (κ2) is 21.9. The minimum absolute atomic E-state index is 0.0992. The predicted octanol–water partition coefficient (Wildman–Crippen LogP) is 4.60. The number of aryl methyl sites for hydroxylation is 2. The molecule has 2 fully saturated rings. The molecule has 2 saturated heterocycles. The van der Waals surface area contributed by atoms with Crippen molar-refractivity contribution in [2.24, 2.45) is 0 Å². The Bertz CT molecular complexity index is 2650. The summed E-state index contributed by atoms with van der Waals surface area (Å²) in [6.07, 6.45) is 8.04. The van der Waals surface area contributed by atoms with Gasteiger partial charge in [-0.2, -0.15) is 0 Å². The Morgan fingerprint density at radius 2 is 1.08 bits per heavy atom. The van der Waals surface area contributed by atoms with E-state index in [-0.39, 0.29) is 25.0 Å². The summed E-state index contributed by atoms with van der Waals surface area (Å²) in [7, 11) is 8.34. The summed E-state index contributed by atoms with van der Waals surface area (Å²) < 4.78 is 11.3. The lowest BCUT2D eigenvalue weighted by Gasteiger charge is -2.22. The number of hydrogen-bond acceptors (Lipinski definition) is 16. The smallest absolute Gasteiger partial charge is 0.347 e. The fourth-order valence-corrected chi connectivity index (χ4v) is 8.15. The highest BCUT2D eigenvalue weighted by Crippen LogP contribution is 2.33. The normalized spacial score (nSPS) is 16.0. The highest BCUT2D eigenvalue weighted by atomic mass is 16.4. The molecule has 2 aliphatic rings. The number of pyridine rings is 2. The van der Waals surface area contributed by atoms with Gasteiger partial charge >= 0.3 is 23.2 Å². The molecule has 2 aliphatic heterocycles. The first-order chi connectivity index (χ1) is 31.6. The Kier molecular flexibility index (Phi) is 16.1. The summed E-state index contributed by atoms with van der Waals surface area (Å²) in [6, 6.07) is 15.5. The molecule has 6 heterocycles. The van der Waals surface area contributed by atoms with Gasteiger partial charge in [-0.25, -0.2) is 39.1 Å². The van der Waals surface area contributed by atoms with Crippen molar-refractivity contribution in [1.29, 1.82) is 0 Å². The molecule has 18 nitrogen and oxygen atoms in total. The lowest BCUT2D eigenvalue weighted by Crippen LogP contribution is -2.31. The Morgan fingerprint density at radius 1 is 0.682 bits per heavy atom. The van der Waals surface area contributed by atoms with Crippen LogP contribution in [-0.2, 0) is 35.6 Å². The number of carbonyl (C=O) groups is 2. The number of nitrogens with zero attached hydrogens (tertiary/aromatic N) is 8. The maximum Gasteiger partial charge on any atom is 0.347 e. The first-order valence-electron chi connectivity index (χ1n) is 21.7. The van der Waals surface area contributed by atoms with E-state index in [1.165, 1.54) is 0 Å². The molecule has 4 aromatic heterocycles. The molecule has 0 unspecified atom stereocenters. The van der Waals surface area contributed by atoms with E-state index in [1.807, 2.05) is 50.2 Å². The Labute approximate surface area is 381 Å². The van der Waals surface area contributed by atoms with Crippen LogP contribution in [0.4, 0.5) is 11.6 Å². The van der Waals surface area contributed by atoms with Crippen LogP contribution in [0.2, 0.25) is 0 Å². The highest BCUT2D eigenvalue weighted by Gasteiger charge is 2.29. The van der Waals surface area contributed by atoms with Crippen LogP contribution in [0, 0.1) is 0 Å². The monoisotopic (exact) mass is 904 g/mol. The molecule has 6 aromatic rings. The number of anilines is 2. The van der Waals surface area contributed by atoms with E-state index >= 15 is 0 Å². The first kappa shape index (κ1) is 48.6. The van der Waals surface area contributed by atoms with Crippen molar-refractivity contribution in [2.75, 3.05) is 64.2 Å². The largest absolute Gasteiger partial charge is 0.478 e. The van der Waals surface area contributed by atoms with Crippen molar-refractivity contribution in [1.82, 2.24) is 29.7 Å². The fourth-order valence-electron chi connectivity index (χ4n) is 8.15. The zero-order valence-electron chi connectivity index (χ0n) is 38.0. The minimum atomic E-state index is -1.26. The van der Waals surface area contributed by atoms with Crippen LogP contribution in [-0.4, -0.2) is 129 Å². The molecule has 2 atom stereocenters. The second-order valence-electron chi connectivity index (χ2n) is 16.4. The van der Waals surface area contributed by atoms with Gasteiger partial charge in [-0.15, -0.1) is 0 Å². The van der Waals surface area contributed by atoms with Crippen LogP contribution in [0.15, 0.2) is 91.5 Å². The van der Waals surface area contributed by atoms with Gasteiger partial charge in [-0.1, -0.05) is 26.0 Å². The lowest BCUT2D eigenvalue weighted by molar-refractivity contribution is -0.134. The number of fused-ring (bicyclic) bond motifs is 2. The Morgan fingerprint density at radius 3 is 1.39 bits per heavy atom. The molecule has 348 valence electrons. The number of aliphatic hydroxyl groups is 2. The number of carboxylic acids is 2. The summed E-state index contributed by atoms with van der Waals surface area (Å²) in [5.74, 6) is -0.436. The molecule has 2 aromatic carbocycles. The van der Waals surface area contributed by atoms with E-state index < -0.39 is 23.2 Å². The molecule has 0 saturated carbocycles. The summed E-state index contributed by atoms with van der Waals surface area (Å²) in [4.78, 5) is 72.1. The molecule has 66 heavy (non-hydrogen) atoms. The van der Waals surface area contributed by atoms with Gasteiger partial charge in [-0.3, -0.25) is 0 Å². The Hall–Kier alpha value is -6.86. The lowest BCUT2D eigenvalue weighted by atomic mass is 10.0. The van der Waals surface area contributed by atoms with Gasteiger partial charge in [0.25, 0.3) is 0 Å². The van der Waals surface area contributed by atoms with Gasteiger partial charge in [0, 0.05) is 62.8 Å². The van der Waals surface area contributed by atoms with Crippen LogP contribution in [0.3, 0.4) is 0 Å². The number of hydrogen-bond donors (Lipinski definition) is 4. The highest BCUT2D eigenvalue weighted by molar-refractivity contribution is 5.89. The van der Waals surface area contributed by atoms with Gasteiger partial charge in [0.05, 0.1) is 46.1 Å². The third-order valence-corrected chi connectivity index (χ3v) is 11.7. The van der Waals surface area contributed by atoms with E-state index in [4.69, 9.17) is 19.0 Å². The first-order valence-corrected chi connectivity index (χ1v) is 21.7. The number of likely N-dealkylation sites (N-methyl/N-ethyl adjacent to an activating group) is 2. The van der Waals surface area contributed by atoms with Crippen molar-refractivity contribution in [3.8, 4) is 22.9 Å². The molecule has 0 bridgehead atoms. The summed E-state index contributed by atoms with van der Waals surface area (Å²) in [5.41, 5.74) is 4.82. The van der Waals surface area contributed by atoms with E-state index in [0.717, 1.165) is 72.9 Å². The topological polar surface area (TPSA) is 240 Å². The number of rotatable bonds is 12. The SMILES string of the molecule is CCc1cc(CO)cc2nc(-c3cccnc3N3CC[C@H](N(C)C)C3)oc(=O)c12.CCc1cc(CO)cc2nc(-c3cccnc3N3CC[C@H](N(C)C)C3)oc(=O)c12.O=C(O)/C=C\C(=O)O. The van der Waals surface area contributed by atoms with Gasteiger partial charge in [0.1, 0.15) is 11.6 Å². The fraction of sp³-hybridized carbons (Fsp3) is 0.375. The third-order valence-electron chi connectivity index (χ3n) is 11.7. The molecule has 0 radical (unpaired) electrons. The minimum Gasteiger partial charge on any atom is -0.478 e. The van der Waals surface area contributed by atoms with Crippen molar-refractivity contribution in [2.45, 2.75) is 64.8 Å². The molecule has 0 amide bonds. The van der Waals surface area contributed by atoms with Crippen LogP contribution in [0.5, 0.6) is 0 Å². The quantitative estimate of drug-likeness (QED) is 0.123. The molecule has 8 rings (SSSR count). The number of benzene rings is 2. The van der Waals surface area contributed by atoms with Gasteiger partial charge in [-0.05, 0) is 113 Å². The molecule has 0 spiro atoms. The summed E-state index contributed by atoms with van der Waals surface area (Å²) in [6.45, 7) is 7.25. The molecular weight excluding hydrogens is 849 g/mol. The van der Waals surface area contributed by atoms with Crippen molar-refractivity contribution in [3.63, 3.8) is 0 Å². The number of aromatic nitrogens is 4. The summed E-state index contributed by atoms with van der Waals surface area (Å²) in [5, 5.41) is 35.7. The van der Waals surface area contributed by atoms with Crippen molar-refractivity contribution >= 4 is 45.4 Å². The number of aliphatic hydroxyl groups excluding tert-OH is 2. The van der Waals surface area contributed by atoms with E-state index in [1.54, 1.807) is 24.5 Å². The summed E-state index contributed by atoms with van der Waals surface area (Å²) >= 11 is 0. The van der Waals surface area contributed by atoms with E-state index in [2.05, 4.69) is 67.7 Å². The van der Waals surface area contributed by atoms with Crippen LogP contribution in [0.1, 0.15) is 48.9 Å². The average Bonchev–Trinajstić information content (AvgIpc) is 4.02. The molecular formula is C48H56N8O10. The van der Waals surface area contributed by atoms with Gasteiger partial charge in [0.2, 0.25) is 11.8 Å². The van der Waals surface area contributed by atoms with Crippen LogP contribution >= 0.6 is 0 Å². The van der Waals surface area contributed by atoms with Gasteiger partial charge < -0.3 is 48.9 Å². The zero-order valence-corrected chi connectivity index (χ0v) is 38.0. The molecule has 18 heteroatoms. The average molecular weight is 905 g/mol. The maximum atomic E-state index is 12.8. The molecule has 0 aliphatic carbocycles. The van der Waals surface area contributed by atoms with E-state index in [0.29, 0.717) is 70.0 Å². The maximum absolute atomic E-state index is 12.8. The van der Waals surface area contributed by atoms with Crippen LogP contribution in [0.25, 0.3) is 44.7 Å². The van der Waals surface area contributed by atoms with Crippen molar-refractivity contribution in [3.05, 3.63) is 116 Å². The third kappa shape index (κ3) is 11.3. The number of carboxylic acid groups (broad SMARTS) is 2. The predicted molar refractivity (Wildman–Crippen MR) is 251 cm³/mol. The van der Waals surface area contributed by atoms with Crippen molar-refractivity contribution < 1.29 is 38.8 Å². The van der Waals surface area contributed by atoms with Crippen LogP contribution < -0.4 is 21.1 Å². The Balaban J connectivity index is 0.000000188. The number of aliphatic carboxylic acids is 2.